The summed E-state index contributed by atoms with van der Waals surface area (Å²) in [5.74, 6) is -0.466. The van der Waals surface area contributed by atoms with Crippen molar-refractivity contribution in [2.75, 3.05) is 7.11 Å². The number of benzene rings is 1. The fourth-order valence-corrected chi connectivity index (χ4v) is 2.59. The zero-order valence-electron chi connectivity index (χ0n) is 14.3. The Morgan fingerprint density at radius 2 is 2.12 bits per heavy atom. The van der Waals surface area contributed by atoms with Crippen LogP contribution >= 0.6 is 15.9 Å². The smallest absolute Gasteiger partial charge is 0.269 e. The average molecular weight is 417 g/mol. The Morgan fingerprint density at radius 3 is 2.73 bits per heavy atom. The van der Waals surface area contributed by atoms with E-state index in [-0.39, 0.29) is 18.7 Å². The van der Waals surface area contributed by atoms with E-state index in [1.807, 2.05) is 30.3 Å². The highest BCUT2D eigenvalue weighted by molar-refractivity contribution is 9.10. The predicted octanol–water partition coefficient (Wildman–Crippen LogP) is 2.09. The van der Waals surface area contributed by atoms with Gasteiger partial charge in [0.15, 0.2) is 0 Å². The van der Waals surface area contributed by atoms with Gasteiger partial charge in [-0.3, -0.25) is 9.59 Å². The molecular formula is C18H17BrN4O3. The highest BCUT2D eigenvalue weighted by Crippen LogP contribution is 2.09. The fourth-order valence-electron chi connectivity index (χ4n) is 2.33. The molecule has 2 rings (SSSR count). The van der Waals surface area contributed by atoms with Crippen molar-refractivity contribution in [3.05, 3.63) is 67.5 Å². The Morgan fingerprint density at radius 1 is 1.42 bits per heavy atom. The van der Waals surface area contributed by atoms with Crippen LogP contribution in [0.15, 0.2) is 44.7 Å². The van der Waals surface area contributed by atoms with Gasteiger partial charge in [0.1, 0.15) is 18.2 Å². The molecule has 8 heteroatoms. The van der Waals surface area contributed by atoms with Gasteiger partial charge in [0.2, 0.25) is 0 Å². The molecule has 1 N–H and O–H groups in total. The minimum atomic E-state index is -0.522. The van der Waals surface area contributed by atoms with Gasteiger partial charge in [0, 0.05) is 22.8 Å². The van der Waals surface area contributed by atoms with Gasteiger partial charge < -0.3 is 9.30 Å². The van der Waals surface area contributed by atoms with Gasteiger partial charge >= 0.3 is 0 Å². The van der Waals surface area contributed by atoms with Gasteiger partial charge in [0.05, 0.1) is 12.8 Å². The maximum Gasteiger partial charge on any atom is 0.269 e. The molecule has 0 unspecified atom stereocenters. The van der Waals surface area contributed by atoms with Gasteiger partial charge in [-0.2, -0.15) is 10.4 Å². The van der Waals surface area contributed by atoms with E-state index in [4.69, 9.17) is 4.74 Å². The summed E-state index contributed by atoms with van der Waals surface area (Å²) in [5.41, 5.74) is 3.71. The number of nitriles is 1. The number of hydrazone groups is 1. The first kappa shape index (κ1) is 19.6. The number of nitrogens with one attached hydrogen (secondary N) is 1. The first-order valence-corrected chi connectivity index (χ1v) is 8.45. The third-order valence-corrected chi connectivity index (χ3v) is 4.10. The summed E-state index contributed by atoms with van der Waals surface area (Å²) in [6, 6.07) is 10.9. The summed E-state index contributed by atoms with van der Waals surface area (Å²) in [6.07, 6.45) is 1.50. The van der Waals surface area contributed by atoms with E-state index < -0.39 is 11.5 Å². The summed E-state index contributed by atoms with van der Waals surface area (Å²) >= 11 is 3.34. The van der Waals surface area contributed by atoms with Crippen LogP contribution in [0.4, 0.5) is 0 Å². The number of pyridine rings is 1. The van der Waals surface area contributed by atoms with Crippen molar-refractivity contribution in [3.8, 4) is 6.07 Å². The lowest BCUT2D eigenvalue weighted by Gasteiger charge is -2.12. The fraction of sp³-hybridized carbons (Fsp3) is 0.222. The summed E-state index contributed by atoms with van der Waals surface area (Å²) in [6.45, 7) is 1.62. The van der Waals surface area contributed by atoms with E-state index in [1.165, 1.54) is 17.9 Å². The van der Waals surface area contributed by atoms with E-state index >= 15 is 0 Å². The van der Waals surface area contributed by atoms with Crippen molar-refractivity contribution in [2.45, 2.75) is 20.1 Å². The van der Waals surface area contributed by atoms with Gasteiger partial charge in [0.25, 0.3) is 11.5 Å². The maximum absolute atomic E-state index is 12.4. The zero-order valence-corrected chi connectivity index (χ0v) is 15.9. The lowest BCUT2D eigenvalue weighted by atomic mass is 10.1. The average Bonchev–Trinajstić information content (AvgIpc) is 2.61. The number of aromatic nitrogens is 1. The molecule has 0 fully saturated rings. The molecule has 0 aliphatic carbocycles. The number of carbonyl (C=O) groups is 1. The Labute approximate surface area is 159 Å². The Kier molecular flexibility index (Phi) is 6.83. The maximum atomic E-state index is 12.4. The number of carbonyl (C=O) groups excluding carboxylic acids is 1. The molecule has 0 atom stereocenters. The second kappa shape index (κ2) is 9.08. The van der Waals surface area contributed by atoms with E-state index in [9.17, 15) is 14.9 Å². The van der Waals surface area contributed by atoms with Crippen molar-refractivity contribution in [2.24, 2.45) is 5.10 Å². The van der Waals surface area contributed by atoms with Crippen LogP contribution in [0.5, 0.6) is 0 Å². The summed E-state index contributed by atoms with van der Waals surface area (Å²) in [4.78, 5) is 24.5. The Bertz CT molecular complexity index is 927. The molecule has 0 radical (unpaired) electrons. The SMILES string of the molecule is COCc1cc(C)n(CC(=O)N/N=C\c2ccc(Br)cc2)c(=O)c1C#N. The topological polar surface area (TPSA) is 96.5 Å². The van der Waals surface area contributed by atoms with Crippen molar-refractivity contribution in [1.82, 2.24) is 9.99 Å². The number of hydrogen-bond donors (Lipinski definition) is 1. The molecular weight excluding hydrogens is 400 g/mol. The number of aryl methyl sites for hydroxylation is 1. The molecule has 134 valence electrons. The standard InChI is InChI=1S/C18H17BrN4O3/c1-12-7-14(11-26-2)16(8-20)18(25)23(12)10-17(24)22-21-9-13-3-5-15(19)6-4-13/h3-7,9H,10-11H2,1-2H3,(H,22,24)/b21-9-. The Hall–Kier alpha value is -2.76. The predicted molar refractivity (Wildman–Crippen MR) is 101 cm³/mol. The first-order valence-electron chi connectivity index (χ1n) is 7.66. The van der Waals surface area contributed by atoms with Gasteiger partial charge in [-0.05, 0) is 30.7 Å². The van der Waals surface area contributed by atoms with Crippen molar-refractivity contribution < 1.29 is 9.53 Å². The van der Waals surface area contributed by atoms with Crippen LogP contribution in [0, 0.1) is 18.3 Å². The van der Waals surface area contributed by atoms with Crippen molar-refractivity contribution in [1.29, 1.82) is 5.26 Å². The lowest BCUT2D eigenvalue weighted by Crippen LogP contribution is -2.33. The number of halogens is 1. The van der Waals surface area contributed by atoms with Crippen LogP contribution < -0.4 is 11.0 Å². The molecule has 0 saturated carbocycles. The van der Waals surface area contributed by atoms with E-state index in [0.717, 1.165) is 10.0 Å². The molecule has 7 nitrogen and oxygen atoms in total. The molecule has 1 aromatic heterocycles. The summed E-state index contributed by atoms with van der Waals surface area (Å²) < 4.78 is 7.18. The lowest BCUT2D eigenvalue weighted by molar-refractivity contribution is -0.121. The third kappa shape index (κ3) is 4.88. The van der Waals surface area contributed by atoms with Crippen LogP contribution in [0.3, 0.4) is 0 Å². The third-order valence-electron chi connectivity index (χ3n) is 3.58. The van der Waals surface area contributed by atoms with E-state index in [0.29, 0.717) is 11.3 Å². The number of hydrogen-bond acceptors (Lipinski definition) is 5. The molecule has 1 aromatic carbocycles. The van der Waals surface area contributed by atoms with Crippen LogP contribution in [0.1, 0.15) is 22.4 Å². The highest BCUT2D eigenvalue weighted by Gasteiger charge is 2.14. The van der Waals surface area contributed by atoms with E-state index in [2.05, 4.69) is 26.5 Å². The summed E-state index contributed by atoms with van der Waals surface area (Å²) in [5, 5.41) is 13.1. The number of ether oxygens (including phenoxy) is 1. The van der Waals surface area contributed by atoms with E-state index in [1.54, 1.807) is 13.0 Å². The molecule has 0 bridgehead atoms. The monoisotopic (exact) mass is 416 g/mol. The molecule has 0 aliphatic heterocycles. The molecule has 26 heavy (non-hydrogen) atoms. The largest absolute Gasteiger partial charge is 0.380 e. The summed E-state index contributed by atoms with van der Waals surface area (Å²) in [7, 11) is 1.49. The molecule has 1 amide bonds. The molecule has 0 spiro atoms. The van der Waals surface area contributed by atoms with Crippen molar-refractivity contribution in [3.63, 3.8) is 0 Å². The Balaban J connectivity index is 2.12. The molecule has 2 aromatic rings. The second-order valence-electron chi connectivity index (χ2n) is 5.47. The minimum Gasteiger partial charge on any atom is -0.380 e. The first-order chi connectivity index (χ1) is 12.5. The molecule has 1 heterocycles. The number of amides is 1. The van der Waals surface area contributed by atoms with Crippen LogP contribution in [-0.2, 0) is 22.7 Å². The minimum absolute atomic E-state index is 0.0244. The van der Waals surface area contributed by atoms with Crippen LogP contribution in [0.2, 0.25) is 0 Å². The molecule has 0 saturated heterocycles. The normalized spacial score (nSPS) is 10.7. The number of rotatable bonds is 6. The molecule has 0 aliphatic rings. The number of nitrogens with zero attached hydrogens (tertiary/aromatic N) is 3. The van der Waals surface area contributed by atoms with Gasteiger partial charge in [-0.25, -0.2) is 5.43 Å². The highest BCUT2D eigenvalue weighted by atomic mass is 79.9. The van der Waals surface area contributed by atoms with Gasteiger partial charge in [-0.15, -0.1) is 0 Å². The van der Waals surface area contributed by atoms with Gasteiger partial charge in [-0.1, -0.05) is 28.1 Å². The zero-order chi connectivity index (χ0) is 19.1. The van der Waals surface area contributed by atoms with Crippen LogP contribution in [0.25, 0.3) is 0 Å². The second-order valence-corrected chi connectivity index (χ2v) is 6.38. The van der Waals surface area contributed by atoms with Crippen LogP contribution in [-0.4, -0.2) is 23.8 Å². The quantitative estimate of drug-likeness (QED) is 0.575. The van der Waals surface area contributed by atoms with Crippen molar-refractivity contribution >= 4 is 28.1 Å². The number of methoxy groups -OCH3 is 1.